The van der Waals surface area contributed by atoms with E-state index in [1.807, 2.05) is 61.5 Å². The van der Waals surface area contributed by atoms with E-state index in [0.29, 0.717) is 5.69 Å². The average Bonchev–Trinajstić information content (AvgIpc) is 2.93. The number of nitrogens with zero attached hydrogens (tertiary/aromatic N) is 2. The molecule has 1 unspecified atom stereocenters. The number of aromatic nitrogens is 2. The molecule has 1 aromatic heterocycles. The molecule has 3 aromatic rings. The summed E-state index contributed by atoms with van der Waals surface area (Å²) in [6.45, 7) is 2.02. The van der Waals surface area contributed by atoms with Crippen LogP contribution in [0.1, 0.15) is 29.0 Å². The Hall–Kier alpha value is -2.62. The van der Waals surface area contributed by atoms with E-state index < -0.39 is 0 Å². The van der Waals surface area contributed by atoms with Gasteiger partial charge in [0.05, 0.1) is 18.7 Å². The number of fused-ring (bicyclic) bond motifs is 1. The molecule has 0 saturated carbocycles. The van der Waals surface area contributed by atoms with Crippen LogP contribution in [0.25, 0.3) is 10.9 Å². The number of hydrogen-bond donors (Lipinski definition) is 0. The molecule has 0 bridgehead atoms. The molecular weight excluding hydrogens is 264 g/mol. The van der Waals surface area contributed by atoms with Crippen molar-refractivity contribution in [2.75, 3.05) is 7.11 Å². The Morgan fingerprint density at radius 3 is 2.48 bits per heavy atom. The van der Waals surface area contributed by atoms with Gasteiger partial charge in [0.2, 0.25) is 0 Å². The van der Waals surface area contributed by atoms with E-state index >= 15 is 0 Å². The molecule has 3 rings (SSSR count). The summed E-state index contributed by atoms with van der Waals surface area (Å²) in [5.74, 6) is -0.369. The van der Waals surface area contributed by atoms with Crippen molar-refractivity contribution in [2.24, 2.45) is 0 Å². The van der Waals surface area contributed by atoms with Crippen LogP contribution in [0.15, 0.2) is 54.6 Å². The van der Waals surface area contributed by atoms with Crippen LogP contribution in [-0.2, 0) is 4.74 Å². The summed E-state index contributed by atoms with van der Waals surface area (Å²) in [4.78, 5) is 12.2. The fourth-order valence-corrected chi connectivity index (χ4v) is 2.50. The van der Waals surface area contributed by atoms with Gasteiger partial charge in [0.25, 0.3) is 0 Å². The highest BCUT2D eigenvalue weighted by Crippen LogP contribution is 2.25. The molecule has 0 fully saturated rings. The lowest BCUT2D eigenvalue weighted by Gasteiger charge is -2.15. The number of hydrogen-bond acceptors (Lipinski definition) is 3. The summed E-state index contributed by atoms with van der Waals surface area (Å²) in [7, 11) is 1.39. The van der Waals surface area contributed by atoms with Crippen molar-refractivity contribution in [2.45, 2.75) is 13.0 Å². The number of esters is 1. The third-order valence-corrected chi connectivity index (χ3v) is 3.63. The molecule has 0 aliphatic rings. The molecule has 0 N–H and O–H groups in total. The number of rotatable bonds is 3. The lowest BCUT2D eigenvalue weighted by Crippen LogP contribution is -2.16. The van der Waals surface area contributed by atoms with Gasteiger partial charge in [0, 0.05) is 5.39 Å². The minimum Gasteiger partial charge on any atom is -0.464 e. The lowest BCUT2D eigenvalue weighted by atomic mass is 10.1. The summed E-state index contributed by atoms with van der Waals surface area (Å²) in [5, 5.41) is 5.39. The lowest BCUT2D eigenvalue weighted by molar-refractivity contribution is 0.0587. The highest BCUT2D eigenvalue weighted by molar-refractivity contribution is 6.02. The van der Waals surface area contributed by atoms with Crippen LogP contribution in [0.2, 0.25) is 0 Å². The molecule has 106 valence electrons. The Labute approximate surface area is 123 Å². The second kappa shape index (κ2) is 5.40. The molecule has 0 aliphatic heterocycles. The fourth-order valence-electron chi connectivity index (χ4n) is 2.50. The Kier molecular flexibility index (Phi) is 3.44. The molecule has 0 saturated heterocycles. The summed E-state index contributed by atoms with van der Waals surface area (Å²) >= 11 is 0. The van der Waals surface area contributed by atoms with Gasteiger partial charge in [-0.15, -0.1) is 0 Å². The van der Waals surface area contributed by atoms with E-state index in [1.54, 1.807) is 4.68 Å². The first-order chi connectivity index (χ1) is 10.2. The van der Waals surface area contributed by atoms with Crippen molar-refractivity contribution in [1.82, 2.24) is 9.78 Å². The highest BCUT2D eigenvalue weighted by Gasteiger charge is 2.22. The maximum atomic E-state index is 12.2. The van der Waals surface area contributed by atoms with Crippen LogP contribution < -0.4 is 0 Å². The normalized spacial score (nSPS) is 12.3. The number of benzene rings is 2. The minimum atomic E-state index is -0.369. The van der Waals surface area contributed by atoms with E-state index in [-0.39, 0.29) is 12.0 Å². The van der Waals surface area contributed by atoms with Gasteiger partial charge in [-0.3, -0.25) is 0 Å². The molecule has 0 spiro atoms. The van der Waals surface area contributed by atoms with Gasteiger partial charge in [-0.1, -0.05) is 48.5 Å². The zero-order chi connectivity index (χ0) is 14.8. The molecule has 4 heteroatoms. The SMILES string of the molecule is COC(=O)c1c2ccccc2nn1C(C)c1ccccc1. The van der Waals surface area contributed by atoms with Gasteiger partial charge in [-0.05, 0) is 18.6 Å². The fraction of sp³-hybridized carbons (Fsp3) is 0.176. The molecule has 1 heterocycles. The van der Waals surface area contributed by atoms with Crippen molar-refractivity contribution in [3.63, 3.8) is 0 Å². The molecular formula is C17H16N2O2. The Morgan fingerprint density at radius 2 is 1.76 bits per heavy atom. The van der Waals surface area contributed by atoms with Crippen molar-refractivity contribution >= 4 is 16.9 Å². The van der Waals surface area contributed by atoms with Gasteiger partial charge < -0.3 is 4.74 Å². The van der Waals surface area contributed by atoms with Gasteiger partial charge in [-0.2, -0.15) is 5.10 Å². The minimum absolute atomic E-state index is 0.0484. The number of carbonyl (C=O) groups excluding carboxylic acids is 1. The summed E-state index contributed by atoms with van der Waals surface area (Å²) in [6, 6.07) is 17.5. The number of methoxy groups -OCH3 is 1. The van der Waals surface area contributed by atoms with Gasteiger partial charge in [0.1, 0.15) is 0 Å². The van der Waals surface area contributed by atoms with Crippen LogP contribution >= 0.6 is 0 Å². The third kappa shape index (κ3) is 2.29. The first-order valence-corrected chi connectivity index (χ1v) is 6.83. The van der Waals surface area contributed by atoms with Gasteiger partial charge >= 0.3 is 5.97 Å². The molecule has 0 amide bonds. The topological polar surface area (TPSA) is 44.1 Å². The maximum absolute atomic E-state index is 12.2. The van der Waals surface area contributed by atoms with E-state index in [2.05, 4.69) is 5.10 Å². The molecule has 0 radical (unpaired) electrons. The first kappa shape index (κ1) is 13.4. The Morgan fingerprint density at radius 1 is 1.10 bits per heavy atom. The standard InChI is InChI=1S/C17H16N2O2/c1-12(13-8-4-3-5-9-13)19-16(17(20)21-2)14-10-6-7-11-15(14)18-19/h3-12H,1-2H3. The predicted molar refractivity (Wildman–Crippen MR) is 81.3 cm³/mol. The number of ether oxygens (including phenoxy) is 1. The van der Waals surface area contributed by atoms with Gasteiger partial charge in [-0.25, -0.2) is 9.48 Å². The molecule has 1 atom stereocenters. The Balaban J connectivity index is 2.20. The molecule has 0 aliphatic carbocycles. The quantitative estimate of drug-likeness (QED) is 0.690. The predicted octanol–water partition coefficient (Wildman–Crippen LogP) is 3.43. The van der Waals surface area contributed by atoms with E-state index in [9.17, 15) is 4.79 Å². The second-order valence-electron chi connectivity index (χ2n) is 4.89. The molecule has 21 heavy (non-hydrogen) atoms. The maximum Gasteiger partial charge on any atom is 0.356 e. The monoisotopic (exact) mass is 280 g/mol. The van der Waals surface area contributed by atoms with Crippen LogP contribution in [-0.4, -0.2) is 22.9 Å². The van der Waals surface area contributed by atoms with E-state index in [0.717, 1.165) is 16.5 Å². The Bertz CT molecular complexity index is 778. The summed E-state index contributed by atoms with van der Waals surface area (Å²) in [5.41, 5.74) is 2.38. The van der Waals surface area contributed by atoms with Crippen LogP contribution in [0.3, 0.4) is 0 Å². The van der Waals surface area contributed by atoms with Crippen molar-refractivity contribution < 1.29 is 9.53 Å². The van der Waals surface area contributed by atoms with E-state index in [1.165, 1.54) is 7.11 Å². The average molecular weight is 280 g/mol. The van der Waals surface area contributed by atoms with Crippen LogP contribution in [0.4, 0.5) is 0 Å². The largest absolute Gasteiger partial charge is 0.464 e. The second-order valence-corrected chi connectivity index (χ2v) is 4.89. The highest BCUT2D eigenvalue weighted by atomic mass is 16.5. The smallest absolute Gasteiger partial charge is 0.356 e. The first-order valence-electron chi connectivity index (χ1n) is 6.83. The van der Waals surface area contributed by atoms with Crippen LogP contribution in [0.5, 0.6) is 0 Å². The van der Waals surface area contributed by atoms with E-state index in [4.69, 9.17) is 4.74 Å². The summed E-state index contributed by atoms with van der Waals surface area (Å²) in [6.07, 6.45) is 0. The van der Waals surface area contributed by atoms with Crippen LogP contribution in [0, 0.1) is 0 Å². The third-order valence-electron chi connectivity index (χ3n) is 3.63. The number of carbonyl (C=O) groups is 1. The summed E-state index contributed by atoms with van der Waals surface area (Å²) < 4.78 is 6.67. The van der Waals surface area contributed by atoms with Crippen molar-refractivity contribution in [3.8, 4) is 0 Å². The molecule has 4 nitrogen and oxygen atoms in total. The van der Waals surface area contributed by atoms with Gasteiger partial charge in [0.15, 0.2) is 5.69 Å². The van der Waals surface area contributed by atoms with Crippen molar-refractivity contribution in [1.29, 1.82) is 0 Å². The zero-order valence-electron chi connectivity index (χ0n) is 12.0. The zero-order valence-corrected chi connectivity index (χ0v) is 12.0. The molecule has 2 aromatic carbocycles. The van der Waals surface area contributed by atoms with Crippen molar-refractivity contribution in [3.05, 3.63) is 65.9 Å².